The van der Waals surface area contributed by atoms with Crippen LogP contribution in [0.4, 0.5) is 4.39 Å². The third-order valence-corrected chi connectivity index (χ3v) is 3.91. The number of halogens is 2. The lowest BCUT2D eigenvalue weighted by molar-refractivity contribution is 0.235. The van der Waals surface area contributed by atoms with Crippen LogP contribution in [0.2, 0.25) is 0 Å². The maximum atomic E-state index is 13.6. The Bertz CT molecular complexity index is 391. The van der Waals surface area contributed by atoms with Crippen LogP contribution in [0.1, 0.15) is 18.4 Å². The van der Waals surface area contributed by atoms with Crippen molar-refractivity contribution in [1.82, 2.24) is 10.2 Å². The summed E-state index contributed by atoms with van der Waals surface area (Å²) < 4.78 is 14.6. The van der Waals surface area contributed by atoms with Crippen LogP contribution in [0.25, 0.3) is 0 Å². The molecule has 1 N–H and O–H groups in total. The Kier molecular flexibility index (Phi) is 5.15. The van der Waals surface area contributed by atoms with Gasteiger partial charge >= 0.3 is 0 Å². The lowest BCUT2D eigenvalue weighted by atomic mass is 9.99. The molecular formula is C14H20BrFN2. The number of hydrogen-bond donors (Lipinski definition) is 1. The summed E-state index contributed by atoms with van der Waals surface area (Å²) >= 11 is 3.39. The maximum Gasteiger partial charge on any atom is 0.127 e. The SMILES string of the molecule is CN(Cc1cc(Br)ccc1F)CC1CCCNC1. The van der Waals surface area contributed by atoms with E-state index in [4.69, 9.17) is 0 Å². The van der Waals surface area contributed by atoms with Crippen LogP contribution in [0.15, 0.2) is 22.7 Å². The summed E-state index contributed by atoms with van der Waals surface area (Å²) in [5, 5.41) is 3.42. The van der Waals surface area contributed by atoms with E-state index in [0.717, 1.165) is 29.7 Å². The number of hydrogen-bond acceptors (Lipinski definition) is 2. The molecule has 1 fully saturated rings. The zero-order valence-corrected chi connectivity index (χ0v) is 12.3. The van der Waals surface area contributed by atoms with Crippen molar-refractivity contribution in [2.45, 2.75) is 19.4 Å². The highest BCUT2D eigenvalue weighted by Crippen LogP contribution is 2.18. The van der Waals surface area contributed by atoms with Crippen molar-refractivity contribution < 1.29 is 4.39 Å². The van der Waals surface area contributed by atoms with Crippen LogP contribution >= 0.6 is 15.9 Å². The van der Waals surface area contributed by atoms with Crippen molar-refractivity contribution in [2.75, 3.05) is 26.7 Å². The number of rotatable bonds is 4. The summed E-state index contributed by atoms with van der Waals surface area (Å²) in [6, 6.07) is 5.13. The molecule has 1 aliphatic heterocycles. The van der Waals surface area contributed by atoms with Crippen LogP contribution in [0, 0.1) is 11.7 Å². The Labute approximate surface area is 117 Å². The second-order valence-electron chi connectivity index (χ2n) is 5.14. The first kappa shape index (κ1) is 14.0. The van der Waals surface area contributed by atoms with E-state index in [1.54, 1.807) is 6.07 Å². The lowest BCUT2D eigenvalue weighted by Crippen LogP contribution is -2.36. The largest absolute Gasteiger partial charge is 0.316 e. The van der Waals surface area contributed by atoms with Crippen molar-refractivity contribution >= 4 is 15.9 Å². The molecule has 0 radical (unpaired) electrons. The van der Waals surface area contributed by atoms with Gasteiger partial charge in [0.1, 0.15) is 5.82 Å². The molecule has 0 saturated carbocycles. The van der Waals surface area contributed by atoms with E-state index >= 15 is 0 Å². The van der Waals surface area contributed by atoms with Gasteiger partial charge in [0.25, 0.3) is 0 Å². The van der Waals surface area contributed by atoms with Gasteiger partial charge in [-0.15, -0.1) is 0 Å². The summed E-state index contributed by atoms with van der Waals surface area (Å²) in [7, 11) is 2.06. The van der Waals surface area contributed by atoms with Gasteiger partial charge in [-0.3, -0.25) is 0 Å². The average Bonchev–Trinajstić information content (AvgIpc) is 2.35. The monoisotopic (exact) mass is 314 g/mol. The number of nitrogens with zero attached hydrogens (tertiary/aromatic N) is 1. The summed E-state index contributed by atoms with van der Waals surface area (Å²) in [4.78, 5) is 2.21. The van der Waals surface area contributed by atoms with Gasteiger partial charge in [0.05, 0.1) is 0 Å². The molecule has 0 spiro atoms. The minimum absolute atomic E-state index is 0.119. The zero-order valence-electron chi connectivity index (χ0n) is 10.8. The molecule has 0 amide bonds. The smallest absolute Gasteiger partial charge is 0.127 e. The molecule has 1 saturated heterocycles. The van der Waals surface area contributed by atoms with Gasteiger partial charge in [-0.2, -0.15) is 0 Å². The highest BCUT2D eigenvalue weighted by atomic mass is 79.9. The lowest BCUT2D eigenvalue weighted by Gasteiger charge is -2.27. The van der Waals surface area contributed by atoms with Crippen LogP contribution in [-0.4, -0.2) is 31.6 Å². The Hall–Kier alpha value is -0.450. The molecule has 0 aliphatic carbocycles. The quantitative estimate of drug-likeness (QED) is 0.919. The van der Waals surface area contributed by atoms with Gasteiger partial charge < -0.3 is 10.2 Å². The predicted molar refractivity (Wildman–Crippen MR) is 76.0 cm³/mol. The molecule has 0 aromatic heterocycles. The Morgan fingerprint density at radius 1 is 1.50 bits per heavy atom. The van der Waals surface area contributed by atoms with E-state index in [2.05, 4.69) is 33.2 Å². The van der Waals surface area contributed by atoms with Gasteiger partial charge in [-0.1, -0.05) is 15.9 Å². The number of benzene rings is 1. The van der Waals surface area contributed by atoms with Crippen LogP contribution in [0.5, 0.6) is 0 Å². The van der Waals surface area contributed by atoms with Crippen molar-refractivity contribution in [3.05, 3.63) is 34.1 Å². The van der Waals surface area contributed by atoms with Crippen LogP contribution < -0.4 is 5.32 Å². The zero-order chi connectivity index (χ0) is 13.0. The van der Waals surface area contributed by atoms with Crippen LogP contribution in [0.3, 0.4) is 0 Å². The highest BCUT2D eigenvalue weighted by Gasteiger charge is 2.15. The predicted octanol–water partition coefficient (Wildman–Crippen LogP) is 3.02. The van der Waals surface area contributed by atoms with Crippen molar-refractivity contribution in [3.8, 4) is 0 Å². The van der Waals surface area contributed by atoms with Gasteiger partial charge in [-0.25, -0.2) is 4.39 Å². The average molecular weight is 315 g/mol. The number of piperidine rings is 1. The molecule has 4 heteroatoms. The van der Waals surface area contributed by atoms with Gasteiger partial charge in [0.15, 0.2) is 0 Å². The van der Waals surface area contributed by atoms with Crippen molar-refractivity contribution in [2.24, 2.45) is 5.92 Å². The molecular weight excluding hydrogens is 295 g/mol. The Balaban J connectivity index is 1.89. The fourth-order valence-electron chi connectivity index (χ4n) is 2.54. The molecule has 1 heterocycles. The summed E-state index contributed by atoms with van der Waals surface area (Å²) in [6.45, 7) is 3.92. The first-order chi connectivity index (χ1) is 8.65. The minimum Gasteiger partial charge on any atom is -0.316 e. The first-order valence-electron chi connectivity index (χ1n) is 6.48. The Morgan fingerprint density at radius 2 is 2.33 bits per heavy atom. The molecule has 100 valence electrons. The van der Waals surface area contributed by atoms with E-state index in [1.807, 2.05) is 6.07 Å². The topological polar surface area (TPSA) is 15.3 Å². The molecule has 1 atom stereocenters. The fourth-order valence-corrected chi connectivity index (χ4v) is 2.95. The molecule has 1 aliphatic rings. The fraction of sp³-hybridized carbons (Fsp3) is 0.571. The van der Waals surface area contributed by atoms with E-state index < -0.39 is 0 Å². The summed E-state index contributed by atoms with van der Waals surface area (Å²) in [5.74, 6) is 0.575. The van der Waals surface area contributed by atoms with Crippen LogP contribution in [-0.2, 0) is 6.54 Å². The number of nitrogens with one attached hydrogen (secondary N) is 1. The van der Waals surface area contributed by atoms with E-state index in [1.165, 1.54) is 18.9 Å². The second kappa shape index (κ2) is 6.64. The third-order valence-electron chi connectivity index (χ3n) is 3.42. The molecule has 18 heavy (non-hydrogen) atoms. The van der Waals surface area contributed by atoms with E-state index in [0.29, 0.717) is 12.5 Å². The molecule has 0 bridgehead atoms. The first-order valence-corrected chi connectivity index (χ1v) is 7.27. The van der Waals surface area contributed by atoms with Crippen molar-refractivity contribution in [3.63, 3.8) is 0 Å². The van der Waals surface area contributed by atoms with Gasteiger partial charge in [-0.05, 0) is 57.1 Å². The Morgan fingerprint density at radius 3 is 3.06 bits per heavy atom. The van der Waals surface area contributed by atoms with E-state index in [9.17, 15) is 4.39 Å². The highest BCUT2D eigenvalue weighted by molar-refractivity contribution is 9.10. The summed E-state index contributed by atoms with van der Waals surface area (Å²) in [6.07, 6.45) is 2.53. The second-order valence-corrected chi connectivity index (χ2v) is 6.06. The van der Waals surface area contributed by atoms with Gasteiger partial charge in [0.2, 0.25) is 0 Å². The minimum atomic E-state index is -0.119. The van der Waals surface area contributed by atoms with E-state index in [-0.39, 0.29) is 5.82 Å². The molecule has 1 aromatic carbocycles. The molecule has 1 aromatic rings. The normalized spacial score (nSPS) is 20.3. The standard InChI is InChI=1S/C14H20BrFN2/c1-18(9-11-3-2-6-17-8-11)10-12-7-13(15)4-5-14(12)16/h4-5,7,11,17H,2-3,6,8-10H2,1H3. The summed E-state index contributed by atoms with van der Waals surface area (Å²) in [5.41, 5.74) is 0.760. The third kappa shape index (κ3) is 4.04. The molecule has 1 unspecified atom stereocenters. The van der Waals surface area contributed by atoms with Crippen molar-refractivity contribution in [1.29, 1.82) is 0 Å². The maximum absolute atomic E-state index is 13.6. The molecule has 2 rings (SSSR count). The van der Waals surface area contributed by atoms with Gasteiger partial charge in [0, 0.05) is 23.1 Å². The molecule has 2 nitrogen and oxygen atoms in total.